The average molecular weight is 292 g/mol. The summed E-state index contributed by atoms with van der Waals surface area (Å²) >= 11 is 0.850. The van der Waals surface area contributed by atoms with E-state index in [1.165, 1.54) is 0 Å². The van der Waals surface area contributed by atoms with Crippen LogP contribution in [0, 0.1) is 5.41 Å². The van der Waals surface area contributed by atoms with Gasteiger partial charge in [-0.25, -0.2) is 4.98 Å². The lowest BCUT2D eigenvalue weighted by atomic mass is 10.3. The molecule has 3 N–H and O–H groups in total. The topological polar surface area (TPSA) is 84.5 Å². The summed E-state index contributed by atoms with van der Waals surface area (Å²) in [7, 11) is 0. The van der Waals surface area contributed by atoms with E-state index in [9.17, 15) is 8.78 Å². The minimum Gasteiger partial charge on any atom is -0.389 e. The summed E-state index contributed by atoms with van der Waals surface area (Å²) in [6.45, 7) is 2.90. The minimum atomic E-state index is -3.06. The Bertz CT molecular complexity index is 469. The van der Waals surface area contributed by atoms with Gasteiger partial charge in [0.2, 0.25) is 0 Å². The predicted molar refractivity (Wildman–Crippen MR) is 66.8 cm³/mol. The van der Waals surface area contributed by atoms with Crippen LogP contribution in [0.1, 0.15) is 17.6 Å². The van der Waals surface area contributed by atoms with E-state index in [0.29, 0.717) is 31.3 Å². The lowest BCUT2D eigenvalue weighted by Crippen LogP contribution is -2.36. The molecule has 1 aromatic rings. The Morgan fingerprint density at radius 2 is 2.16 bits per heavy atom. The van der Waals surface area contributed by atoms with E-state index in [1.54, 1.807) is 0 Å². The van der Waals surface area contributed by atoms with Crippen molar-refractivity contribution >= 4 is 22.2 Å². The lowest BCUT2D eigenvalue weighted by Gasteiger charge is -2.27. The SMILES string of the molecule is CC(F)(F)c1nc(C(=N)ON)c(N2CCOCC2)s1. The Morgan fingerprint density at radius 1 is 1.53 bits per heavy atom. The number of nitrogens with one attached hydrogen (secondary N) is 1. The summed E-state index contributed by atoms with van der Waals surface area (Å²) < 4.78 is 31.9. The molecular weight excluding hydrogens is 278 g/mol. The van der Waals surface area contributed by atoms with Crippen LogP contribution in [0.5, 0.6) is 0 Å². The number of hydrogen-bond acceptors (Lipinski definition) is 7. The first kappa shape index (κ1) is 14.1. The summed E-state index contributed by atoms with van der Waals surface area (Å²) in [5, 5.41) is 7.66. The largest absolute Gasteiger partial charge is 0.389 e. The molecular formula is C10H14F2N4O2S. The molecule has 1 aromatic heterocycles. The van der Waals surface area contributed by atoms with Gasteiger partial charge in [0.25, 0.3) is 11.8 Å². The molecule has 1 aliphatic rings. The van der Waals surface area contributed by atoms with E-state index >= 15 is 0 Å². The highest BCUT2D eigenvalue weighted by Crippen LogP contribution is 2.37. The Balaban J connectivity index is 2.38. The minimum absolute atomic E-state index is 0.0472. The zero-order valence-corrected chi connectivity index (χ0v) is 11.1. The summed E-state index contributed by atoms with van der Waals surface area (Å²) in [6.07, 6.45) is 0. The van der Waals surface area contributed by atoms with E-state index < -0.39 is 11.8 Å². The van der Waals surface area contributed by atoms with Gasteiger partial charge in [-0.2, -0.15) is 14.7 Å². The number of nitrogens with zero attached hydrogens (tertiary/aromatic N) is 2. The fourth-order valence-electron chi connectivity index (χ4n) is 1.68. The van der Waals surface area contributed by atoms with Gasteiger partial charge in [-0.1, -0.05) is 11.3 Å². The van der Waals surface area contributed by atoms with Crippen molar-refractivity contribution in [2.45, 2.75) is 12.8 Å². The summed E-state index contributed by atoms with van der Waals surface area (Å²) in [4.78, 5) is 9.95. The molecule has 0 saturated carbocycles. The second-order valence-electron chi connectivity index (χ2n) is 4.11. The van der Waals surface area contributed by atoms with Gasteiger partial charge in [0.05, 0.1) is 13.2 Å². The number of ether oxygens (including phenoxy) is 1. The third-order valence-electron chi connectivity index (χ3n) is 2.62. The first-order chi connectivity index (χ1) is 8.93. The van der Waals surface area contributed by atoms with Crippen LogP contribution in [0.4, 0.5) is 13.8 Å². The van der Waals surface area contributed by atoms with Crippen molar-refractivity contribution in [3.63, 3.8) is 0 Å². The van der Waals surface area contributed by atoms with Crippen LogP contribution in [-0.2, 0) is 15.5 Å². The Kier molecular flexibility index (Phi) is 3.97. The fraction of sp³-hybridized carbons (Fsp3) is 0.600. The van der Waals surface area contributed by atoms with Crippen LogP contribution in [0.25, 0.3) is 0 Å². The third-order valence-corrected chi connectivity index (χ3v) is 3.90. The standard InChI is InChI=1S/C10H14F2N4O2S/c1-10(11,12)9-15-6(7(13)18-14)8(19-9)16-2-4-17-5-3-16/h13H,2-5,14H2,1H3. The van der Waals surface area contributed by atoms with E-state index in [2.05, 4.69) is 9.82 Å². The highest BCUT2D eigenvalue weighted by atomic mass is 32.1. The maximum absolute atomic E-state index is 13.3. The number of hydrogen-bond donors (Lipinski definition) is 2. The van der Waals surface area contributed by atoms with E-state index in [-0.39, 0.29) is 10.7 Å². The zero-order chi connectivity index (χ0) is 14.0. The Labute approximate surface area is 112 Å². The van der Waals surface area contributed by atoms with E-state index in [4.69, 9.17) is 16.0 Å². The van der Waals surface area contributed by atoms with Crippen molar-refractivity contribution in [3.8, 4) is 0 Å². The highest BCUT2D eigenvalue weighted by molar-refractivity contribution is 7.16. The molecule has 106 valence electrons. The molecule has 1 aliphatic heterocycles. The second-order valence-corrected chi connectivity index (χ2v) is 5.09. The lowest BCUT2D eigenvalue weighted by molar-refractivity contribution is 0.0172. The monoisotopic (exact) mass is 292 g/mol. The molecule has 0 unspecified atom stereocenters. The van der Waals surface area contributed by atoms with Crippen molar-refractivity contribution in [1.82, 2.24) is 4.98 Å². The van der Waals surface area contributed by atoms with Crippen molar-refractivity contribution in [2.24, 2.45) is 5.90 Å². The Hall–Kier alpha value is -1.32. The molecule has 19 heavy (non-hydrogen) atoms. The van der Waals surface area contributed by atoms with Crippen LogP contribution in [-0.4, -0.2) is 37.2 Å². The van der Waals surface area contributed by atoms with Gasteiger partial charge in [0, 0.05) is 20.0 Å². The number of alkyl halides is 2. The molecule has 1 fully saturated rings. The van der Waals surface area contributed by atoms with Crippen molar-refractivity contribution < 1.29 is 18.4 Å². The van der Waals surface area contributed by atoms with Gasteiger partial charge in [0.1, 0.15) is 5.00 Å². The molecule has 0 bridgehead atoms. The van der Waals surface area contributed by atoms with Crippen molar-refractivity contribution in [1.29, 1.82) is 5.41 Å². The van der Waals surface area contributed by atoms with Gasteiger partial charge in [-0.15, -0.1) is 0 Å². The molecule has 0 aromatic carbocycles. The maximum Gasteiger partial charge on any atom is 0.296 e. The maximum atomic E-state index is 13.3. The van der Waals surface area contributed by atoms with Crippen LogP contribution in [0.15, 0.2) is 0 Å². The predicted octanol–water partition coefficient (Wildman–Crippen LogP) is 1.31. The smallest absolute Gasteiger partial charge is 0.296 e. The quantitative estimate of drug-likeness (QED) is 0.498. The van der Waals surface area contributed by atoms with Crippen LogP contribution in [0.3, 0.4) is 0 Å². The van der Waals surface area contributed by atoms with E-state index in [1.807, 2.05) is 4.90 Å². The summed E-state index contributed by atoms with van der Waals surface area (Å²) in [6, 6.07) is 0. The number of halogens is 2. The van der Waals surface area contributed by atoms with Crippen molar-refractivity contribution in [3.05, 3.63) is 10.7 Å². The number of morpholine rings is 1. The number of nitrogens with two attached hydrogens (primary N) is 1. The van der Waals surface area contributed by atoms with Gasteiger partial charge < -0.3 is 14.5 Å². The Morgan fingerprint density at radius 3 is 2.68 bits per heavy atom. The molecule has 2 heterocycles. The van der Waals surface area contributed by atoms with Crippen LogP contribution < -0.4 is 10.8 Å². The number of rotatable bonds is 3. The summed E-state index contributed by atoms with van der Waals surface area (Å²) in [5.74, 6) is 1.45. The first-order valence-corrected chi connectivity index (χ1v) is 6.42. The average Bonchev–Trinajstić information content (AvgIpc) is 2.83. The van der Waals surface area contributed by atoms with Crippen LogP contribution in [0.2, 0.25) is 0 Å². The molecule has 1 saturated heterocycles. The molecule has 6 nitrogen and oxygen atoms in total. The number of aromatic nitrogens is 1. The zero-order valence-electron chi connectivity index (χ0n) is 10.3. The number of anilines is 1. The molecule has 0 atom stereocenters. The normalized spacial score (nSPS) is 16.5. The molecule has 0 radical (unpaired) electrons. The highest BCUT2D eigenvalue weighted by Gasteiger charge is 2.33. The molecule has 2 rings (SSSR count). The second kappa shape index (κ2) is 5.35. The van der Waals surface area contributed by atoms with Gasteiger partial charge in [-0.3, -0.25) is 5.41 Å². The van der Waals surface area contributed by atoms with E-state index in [0.717, 1.165) is 18.3 Å². The van der Waals surface area contributed by atoms with Gasteiger partial charge >= 0.3 is 0 Å². The fourth-order valence-corrected chi connectivity index (χ4v) is 2.73. The van der Waals surface area contributed by atoms with Gasteiger partial charge in [0.15, 0.2) is 10.7 Å². The van der Waals surface area contributed by atoms with Gasteiger partial charge in [-0.05, 0) is 0 Å². The van der Waals surface area contributed by atoms with Crippen LogP contribution >= 0.6 is 11.3 Å². The molecule has 0 amide bonds. The number of thiazole rings is 1. The molecule has 0 spiro atoms. The molecule has 9 heteroatoms. The molecule has 0 aliphatic carbocycles. The third kappa shape index (κ3) is 2.99. The van der Waals surface area contributed by atoms with Crippen molar-refractivity contribution in [2.75, 3.05) is 31.2 Å². The summed E-state index contributed by atoms with van der Waals surface area (Å²) in [5.41, 5.74) is 0.0472. The first-order valence-electron chi connectivity index (χ1n) is 5.61.